The van der Waals surface area contributed by atoms with E-state index in [-0.39, 0.29) is 11.2 Å². The van der Waals surface area contributed by atoms with Crippen LogP contribution in [0.25, 0.3) is 10.9 Å². The quantitative estimate of drug-likeness (QED) is 0.753. The fourth-order valence-corrected chi connectivity index (χ4v) is 3.39. The number of nitrogens with zero attached hydrogens (tertiary/aromatic N) is 1. The molecule has 132 valence electrons. The highest BCUT2D eigenvalue weighted by Crippen LogP contribution is 2.36. The summed E-state index contributed by atoms with van der Waals surface area (Å²) in [4.78, 5) is 0. The van der Waals surface area contributed by atoms with Crippen molar-refractivity contribution in [3.8, 4) is 0 Å². The molecule has 0 fully saturated rings. The standard InChI is InChI=1S/C21H24FNO2/c1-21(2,3)17-12-23(18-10-5-4-9-16(17)18)20(19(25)13-24)14-7-6-8-15(22)11-14/h4-12,19-20,24-25H,13H2,1-3H3/t19-,20+/m1/s1. The number of rotatable bonds is 4. The van der Waals surface area contributed by atoms with E-state index in [4.69, 9.17) is 0 Å². The Labute approximate surface area is 147 Å². The molecule has 3 rings (SSSR count). The molecule has 0 aliphatic carbocycles. The molecule has 0 amide bonds. The SMILES string of the molecule is CC(C)(C)c1cn([C@@H](c2cccc(F)c2)[C@H](O)CO)c2ccccc12. The van der Waals surface area contributed by atoms with Crippen molar-refractivity contribution < 1.29 is 14.6 Å². The third kappa shape index (κ3) is 3.32. The van der Waals surface area contributed by atoms with Crippen molar-refractivity contribution in [2.45, 2.75) is 38.3 Å². The molecule has 4 heteroatoms. The van der Waals surface area contributed by atoms with Crippen molar-refractivity contribution in [2.24, 2.45) is 0 Å². The highest BCUT2D eigenvalue weighted by Gasteiger charge is 2.27. The van der Waals surface area contributed by atoms with Gasteiger partial charge in [0.15, 0.2) is 0 Å². The maximum Gasteiger partial charge on any atom is 0.123 e. The van der Waals surface area contributed by atoms with Crippen LogP contribution >= 0.6 is 0 Å². The molecule has 0 aliphatic rings. The lowest BCUT2D eigenvalue weighted by Gasteiger charge is -2.25. The topological polar surface area (TPSA) is 45.4 Å². The second-order valence-electron chi connectivity index (χ2n) is 7.47. The van der Waals surface area contributed by atoms with Crippen LogP contribution in [0, 0.1) is 5.82 Å². The van der Waals surface area contributed by atoms with E-state index in [0.29, 0.717) is 5.56 Å². The van der Waals surface area contributed by atoms with E-state index in [1.807, 2.05) is 29.0 Å². The van der Waals surface area contributed by atoms with Crippen LogP contribution in [0.2, 0.25) is 0 Å². The van der Waals surface area contributed by atoms with Gasteiger partial charge in [0.1, 0.15) is 11.9 Å². The van der Waals surface area contributed by atoms with E-state index in [1.165, 1.54) is 12.1 Å². The van der Waals surface area contributed by atoms with Gasteiger partial charge in [0.25, 0.3) is 0 Å². The maximum absolute atomic E-state index is 13.8. The minimum atomic E-state index is -1.04. The molecule has 2 atom stereocenters. The van der Waals surface area contributed by atoms with Crippen LogP contribution in [0.4, 0.5) is 4.39 Å². The summed E-state index contributed by atoms with van der Waals surface area (Å²) >= 11 is 0. The van der Waals surface area contributed by atoms with Crippen molar-refractivity contribution in [3.63, 3.8) is 0 Å². The molecule has 1 aromatic heterocycles. The van der Waals surface area contributed by atoms with Gasteiger partial charge in [-0.2, -0.15) is 0 Å². The third-order valence-corrected chi connectivity index (χ3v) is 4.59. The van der Waals surface area contributed by atoms with Gasteiger partial charge in [0.2, 0.25) is 0 Å². The number of aromatic nitrogens is 1. The van der Waals surface area contributed by atoms with Gasteiger partial charge in [-0.15, -0.1) is 0 Å². The summed E-state index contributed by atoms with van der Waals surface area (Å²) in [5.41, 5.74) is 2.65. The van der Waals surface area contributed by atoms with E-state index in [1.54, 1.807) is 12.1 Å². The Morgan fingerprint density at radius 3 is 2.44 bits per heavy atom. The Kier molecular flexibility index (Phi) is 4.67. The van der Waals surface area contributed by atoms with Gasteiger partial charge in [0.05, 0.1) is 12.6 Å². The molecule has 0 bridgehead atoms. The molecule has 3 aromatic rings. The number of fused-ring (bicyclic) bond motifs is 1. The Balaban J connectivity index is 2.27. The predicted octanol–water partition coefficient (Wildman–Crippen LogP) is 4.02. The Morgan fingerprint density at radius 2 is 1.80 bits per heavy atom. The zero-order valence-electron chi connectivity index (χ0n) is 14.8. The monoisotopic (exact) mass is 341 g/mol. The lowest BCUT2D eigenvalue weighted by Crippen LogP contribution is -2.28. The lowest BCUT2D eigenvalue weighted by molar-refractivity contribution is 0.0652. The first kappa shape index (κ1) is 17.6. The number of aliphatic hydroxyl groups is 2. The highest BCUT2D eigenvalue weighted by atomic mass is 19.1. The number of halogens is 1. The number of hydrogen-bond acceptors (Lipinski definition) is 2. The van der Waals surface area contributed by atoms with E-state index in [2.05, 4.69) is 26.8 Å². The molecule has 2 aromatic carbocycles. The second kappa shape index (κ2) is 6.62. The highest BCUT2D eigenvalue weighted by molar-refractivity contribution is 5.85. The molecular formula is C21H24FNO2. The van der Waals surface area contributed by atoms with Crippen LogP contribution < -0.4 is 0 Å². The van der Waals surface area contributed by atoms with Crippen LogP contribution in [0.5, 0.6) is 0 Å². The van der Waals surface area contributed by atoms with E-state index < -0.39 is 18.8 Å². The fourth-order valence-electron chi connectivity index (χ4n) is 3.39. The normalized spacial score (nSPS) is 14.6. The largest absolute Gasteiger partial charge is 0.394 e. The van der Waals surface area contributed by atoms with Crippen molar-refractivity contribution in [3.05, 3.63) is 71.7 Å². The van der Waals surface area contributed by atoms with Gasteiger partial charge < -0.3 is 14.8 Å². The van der Waals surface area contributed by atoms with E-state index >= 15 is 0 Å². The second-order valence-corrected chi connectivity index (χ2v) is 7.47. The summed E-state index contributed by atoms with van der Waals surface area (Å²) in [6, 6.07) is 13.6. The lowest BCUT2D eigenvalue weighted by atomic mass is 9.87. The minimum Gasteiger partial charge on any atom is -0.394 e. The zero-order chi connectivity index (χ0) is 18.2. The summed E-state index contributed by atoms with van der Waals surface area (Å²) in [7, 11) is 0. The number of hydrogen-bond donors (Lipinski definition) is 2. The van der Waals surface area contributed by atoms with Crippen molar-refractivity contribution in [1.29, 1.82) is 0 Å². The van der Waals surface area contributed by atoms with E-state index in [0.717, 1.165) is 16.5 Å². The van der Waals surface area contributed by atoms with Crippen LogP contribution in [0.3, 0.4) is 0 Å². The molecule has 25 heavy (non-hydrogen) atoms. The first-order chi connectivity index (χ1) is 11.8. The van der Waals surface area contributed by atoms with Crippen LogP contribution in [-0.2, 0) is 5.41 Å². The number of aliphatic hydroxyl groups excluding tert-OH is 2. The smallest absolute Gasteiger partial charge is 0.123 e. The molecule has 0 saturated carbocycles. The fraction of sp³-hybridized carbons (Fsp3) is 0.333. The Hall–Kier alpha value is -2.17. The molecule has 0 saturated heterocycles. The van der Waals surface area contributed by atoms with Gasteiger partial charge in [0, 0.05) is 17.1 Å². The van der Waals surface area contributed by atoms with E-state index in [9.17, 15) is 14.6 Å². The van der Waals surface area contributed by atoms with Gasteiger partial charge in [-0.05, 0) is 34.7 Å². The molecule has 0 aliphatic heterocycles. The summed E-state index contributed by atoms with van der Waals surface area (Å²) in [5.74, 6) is -0.361. The number of benzene rings is 2. The van der Waals surface area contributed by atoms with Crippen LogP contribution in [0.15, 0.2) is 54.7 Å². The zero-order valence-corrected chi connectivity index (χ0v) is 14.8. The van der Waals surface area contributed by atoms with Gasteiger partial charge in [-0.3, -0.25) is 0 Å². The van der Waals surface area contributed by atoms with Gasteiger partial charge in [-0.25, -0.2) is 4.39 Å². The Morgan fingerprint density at radius 1 is 1.08 bits per heavy atom. The molecule has 2 N–H and O–H groups in total. The van der Waals surface area contributed by atoms with Crippen molar-refractivity contribution >= 4 is 10.9 Å². The summed E-state index contributed by atoms with van der Waals surface area (Å²) in [5, 5.41) is 21.2. The van der Waals surface area contributed by atoms with Gasteiger partial charge >= 0.3 is 0 Å². The first-order valence-corrected chi connectivity index (χ1v) is 8.47. The molecule has 0 unspecified atom stereocenters. The molecule has 1 heterocycles. The van der Waals surface area contributed by atoms with Crippen LogP contribution in [-0.4, -0.2) is 27.5 Å². The third-order valence-electron chi connectivity index (χ3n) is 4.59. The summed E-state index contributed by atoms with van der Waals surface area (Å²) < 4.78 is 15.7. The average Bonchev–Trinajstić information content (AvgIpc) is 2.95. The molecule has 3 nitrogen and oxygen atoms in total. The van der Waals surface area contributed by atoms with Gasteiger partial charge in [-0.1, -0.05) is 51.1 Å². The summed E-state index contributed by atoms with van der Waals surface area (Å²) in [6.45, 7) is 6.01. The molecule has 0 radical (unpaired) electrons. The van der Waals surface area contributed by atoms with Crippen molar-refractivity contribution in [1.82, 2.24) is 4.57 Å². The number of para-hydroxylation sites is 1. The molecular weight excluding hydrogens is 317 g/mol. The Bertz CT molecular complexity index is 879. The van der Waals surface area contributed by atoms with Crippen molar-refractivity contribution in [2.75, 3.05) is 6.61 Å². The summed E-state index contributed by atoms with van der Waals surface area (Å²) in [6.07, 6.45) is 0.976. The minimum absolute atomic E-state index is 0.0818. The first-order valence-electron chi connectivity index (χ1n) is 8.47. The maximum atomic E-state index is 13.8. The average molecular weight is 341 g/mol. The molecule has 0 spiro atoms. The van der Waals surface area contributed by atoms with Crippen LogP contribution in [0.1, 0.15) is 37.9 Å². The predicted molar refractivity (Wildman–Crippen MR) is 98.3 cm³/mol.